The van der Waals surface area contributed by atoms with Crippen LogP contribution in [0, 0.1) is 6.92 Å². The molecule has 2 aromatic rings. The van der Waals surface area contributed by atoms with Gasteiger partial charge in [0.15, 0.2) is 5.75 Å². The number of aryl methyl sites for hydroxylation is 2. The number of aromatic nitrogens is 2. The summed E-state index contributed by atoms with van der Waals surface area (Å²) in [6.45, 7) is 5.70. The molecule has 2 rings (SSSR count). The van der Waals surface area contributed by atoms with Crippen LogP contribution in [0.1, 0.15) is 36.9 Å². The van der Waals surface area contributed by atoms with Crippen LogP contribution < -0.4 is 4.74 Å². The van der Waals surface area contributed by atoms with Crippen molar-refractivity contribution in [1.82, 2.24) is 9.97 Å². The van der Waals surface area contributed by atoms with Crippen molar-refractivity contribution in [3.8, 4) is 11.6 Å². The van der Waals surface area contributed by atoms with Gasteiger partial charge in [-0.05, 0) is 44.0 Å². The Hall–Kier alpha value is -1.94. The van der Waals surface area contributed by atoms with Crippen molar-refractivity contribution in [3.63, 3.8) is 0 Å². The molecule has 4 heteroatoms. The average molecular weight is 258 g/mol. The largest absolute Gasteiger partial charge is 0.437 e. The van der Waals surface area contributed by atoms with Crippen LogP contribution >= 0.6 is 0 Å². The molecule has 0 amide bonds. The van der Waals surface area contributed by atoms with Crippen LogP contribution in [0.3, 0.4) is 0 Å². The molecule has 0 saturated heterocycles. The highest BCUT2D eigenvalue weighted by Gasteiger charge is 2.07. The maximum atomic E-state index is 9.43. The van der Waals surface area contributed by atoms with E-state index in [1.807, 2.05) is 26.0 Å². The van der Waals surface area contributed by atoms with Gasteiger partial charge >= 0.3 is 0 Å². The van der Waals surface area contributed by atoms with Crippen molar-refractivity contribution in [2.45, 2.75) is 33.3 Å². The molecule has 1 atom stereocenters. The van der Waals surface area contributed by atoms with Gasteiger partial charge in [0.05, 0.1) is 11.8 Å². The highest BCUT2D eigenvalue weighted by atomic mass is 16.5. The molecular formula is C15H18N2O2. The van der Waals surface area contributed by atoms with Gasteiger partial charge in [-0.2, -0.15) is 0 Å². The minimum absolute atomic E-state index is 0.504. The summed E-state index contributed by atoms with van der Waals surface area (Å²) in [5.41, 5.74) is 2.66. The van der Waals surface area contributed by atoms with Crippen LogP contribution in [-0.4, -0.2) is 15.1 Å². The number of aliphatic hydroxyl groups is 1. The highest BCUT2D eigenvalue weighted by molar-refractivity contribution is 5.33. The quantitative estimate of drug-likeness (QED) is 0.915. The van der Waals surface area contributed by atoms with Crippen LogP contribution in [0.25, 0.3) is 0 Å². The van der Waals surface area contributed by atoms with Gasteiger partial charge in [0.1, 0.15) is 0 Å². The first-order chi connectivity index (χ1) is 9.10. The summed E-state index contributed by atoms with van der Waals surface area (Å²) < 4.78 is 5.73. The molecule has 0 radical (unpaired) electrons. The molecule has 2 aromatic heterocycles. The molecule has 0 aromatic carbocycles. The lowest BCUT2D eigenvalue weighted by molar-refractivity contribution is 0.198. The smallest absolute Gasteiger partial charge is 0.219 e. The molecule has 0 saturated carbocycles. The molecule has 100 valence electrons. The summed E-state index contributed by atoms with van der Waals surface area (Å²) in [4.78, 5) is 8.62. The van der Waals surface area contributed by atoms with Gasteiger partial charge < -0.3 is 9.84 Å². The van der Waals surface area contributed by atoms with Gasteiger partial charge in [0, 0.05) is 18.0 Å². The Morgan fingerprint density at radius 2 is 2.05 bits per heavy atom. The first-order valence-corrected chi connectivity index (χ1v) is 6.38. The van der Waals surface area contributed by atoms with Gasteiger partial charge in [-0.15, -0.1) is 0 Å². The molecule has 1 N–H and O–H groups in total. The molecule has 0 aliphatic rings. The third-order valence-corrected chi connectivity index (χ3v) is 2.86. The average Bonchev–Trinajstić information content (AvgIpc) is 2.41. The topological polar surface area (TPSA) is 55.2 Å². The summed E-state index contributed by atoms with van der Waals surface area (Å²) in [6.07, 6.45) is 1.91. The summed E-state index contributed by atoms with van der Waals surface area (Å²) >= 11 is 0. The molecule has 0 aliphatic heterocycles. The minimum atomic E-state index is -0.520. The maximum absolute atomic E-state index is 9.43. The first-order valence-electron chi connectivity index (χ1n) is 6.38. The van der Waals surface area contributed by atoms with Gasteiger partial charge in [0.25, 0.3) is 0 Å². The predicted octanol–water partition coefficient (Wildman–Crippen LogP) is 3.19. The van der Waals surface area contributed by atoms with Crippen molar-refractivity contribution < 1.29 is 9.84 Å². The van der Waals surface area contributed by atoms with Gasteiger partial charge in [-0.25, -0.2) is 4.98 Å². The summed E-state index contributed by atoms with van der Waals surface area (Å²) in [5.74, 6) is 1.23. The lowest BCUT2D eigenvalue weighted by Gasteiger charge is -2.10. The number of nitrogens with zero attached hydrogens (tertiary/aromatic N) is 2. The fourth-order valence-electron chi connectivity index (χ4n) is 1.76. The molecule has 0 spiro atoms. The van der Waals surface area contributed by atoms with Gasteiger partial charge in [-0.3, -0.25) is 4.98 Å². The second kappa shape index (κ2) is 5.80. The van der Waals surface area contributed by atoms with E-state index in [2.05, 4.69) is 9.97 Å². The second-order valence-electron chi connectivity index (χ2n) is 4.46. The third-order valence-electron chi connectivity index (χ3n) is 2.86. The van der Waals surface area contributed by atoms with Crippen molar-refractivity contribution in [1.29, 1.82) is 0 Å². The molecule has 4 nitrogen and oxygen atoms in total. The molecule has 0 bridgehead atoms. The van der Waals surface area contributed by atoms with Gasteiger partial charge in [0.2, 0.25) is 5.88 Å². The van der Waals surface area contributed by atoms with E-state index in [0.717, 1.165) is 29.1 Å². The monoisotopic (exact) mass is 258 g/mol. The zero-order valence-electron chi connectivity index (χ0n) is 11.4. The van der Waals surface area contributed by atoms with E-state index in [4.69, 9.17) is 4.74 Å². The number of hydrogen-bond donors (Lipinski definition) is 1. The maximum Gasteiger partial charge on any atom is 0.219 e. The number of rotatable bonds is 4. The first kappa shape index (κ1) is 13.5. The van der Waals surface area contributed by atoms with E-state index in [0.29, 0.717) is 5.88 Å². The van der Waals surface area contributed by atoms with Crippen LogP contribution in [0.2, 0.25) is 0 Å². The van der Waals surface area contributed by atoms with Gasteiger partial charge in [-0.1, -0.05) is 6.92 Å². The van der Waals surface area contributed by atoms with Crippen molar-refractivity contribution in [2.75, 3.05) is 0 Å². The van der Waals surface area contributed by atoms with Crippen molar-refractivity contribution in [3.05, 3.63) is 47.4 Å². The number of aliphatic hydroxyl groups excluding tert-OH is 1. The van der Waals surface area contributed by atoms with Crippen LogP contribution in [0.15, 0.2) is 30.5 Å². The summed E-state index contributed by atoms with van der Waals surface area (Å²) in [5, 5.41) is 9.43. The standard InChI is InChI=1S/C15H18N2O2/c1-4-13-14(7-5-10(2)17-13)19-15-8-6-12(9-16-15)11(3)18/h5-9,11,18H,4H2,1-3H3. The van der Waals surface area contributed by atoms with E-state index in [1.54, 1.807) is 25.3 Å². The summed E-state index contributed by atoms with van der Waals surface area (Å²) in [7, 11) is 0. The Bertz CT molecular complexity index is 551. The Labute approximate surface area is 113 Å². The zero-order valence-corrected chi connectivity index (χ0v) is 11.4. The Balaban J connectivity index is 2.21. The fraction of sp³-hybridized carbons (Fsp3) is 0.333. The third kappa shape index (κ3) is 3.29. The number of ether oxygens (including phenoxy) is 1. The normalized spacial score (nSPS) is 12.2. The number of pyridine rings is 2. The lowest BCUT2D eigenvalue weighted by Crippen LogP contribution is -1.98. The molecule has 19 heavy (non-hydrogen) atoms. The Kier molecular flexibility index (Phi) is 4.12. The van der Waals surface area contributed by atoms with Crippen LogP contribution in [0.4, 0.5) is 0 Å². The van der Waals surface area contributed by atoms with Crippen molar-refractivity contribution in [2.24, 2.45) is 0 Å². The minimum Gasteiger partial charge on any atom is -0.437 e. The lowest BCUT2D eigenvalue weighted by atomic mass is 10.2. The highest BCUT2D eigenvalue weighted by Crippen LogP contribution is 2.24. The van der Waals surface area contributed by atoms with E-state index in [9.17, 15) is 5.11 Å². The van der Waals surface area contributed by atoms with E-state index < -0.39 is 6.10 Å². The predicted molar refractivity (Wildman–Crippen MR) is 73.3 cm³/mol. The van der Waals surface area contributed by atoms with E-state index in [-0.39, 0.29) is 0 Å². The van der Waals surface area contributed by atoms with E-state index >= 15 is 0 Å². The summed E-state index contributed by atoms with van der Waals surface area (Å²) in [6, 6.07) is 7.38. The number of hydrogen-bond acceptors (Lipinski definition) is 4. The van der Waals surface area contributed by atoms with E-state index in [1.165, 1.54) is 0 Å². The zero-order chi connectivity index (χ0) is 13.8. The van der Waals surface area contributed by atoms with Crippen LogP contribution in [-0.2, 0) is 6.42 Å². The molecule has 1 unspecified atom stereocenters. The van der Waals surface area contributed by atoms with Crippen molar-refractivity contribution >= 4 is 0 Å². The SMILES string of the molecule is CCc1nc(C)ccc1Oc1ccc(C(C)O)cn1. The fourth-order valence-corrected chi connectivity index (χ4v) is 1.76. The molecular weight excluding hydrogens is 240 g/mol. The van der Waals surface area contributed by atoms with Crippen LogP contribution in [0.5, 0.6) is 11.6 Å². The second-order valence-corrected chi connectivity index (χ2v) is 4.46. The molecule has 0 fully saturated rings. The molecule has 0 aliphatic carbocycles. The molecule has 2 heterocycles. The Morgan fingerprint density at radius 1 is 1.26 bits per heavy atom. The Morgan fingerprint density at radius 3 is 2.63 bits per heavy atom.